The molecule has 0 saturated carbocycles. The Balaban J connectivity index is 2.53. The molecule has 0 atom stereocenters. The van der Waals surface area contributed by atoms with Crippen LogP contribution in [0.25, 0.3) is 11.3 Å². The van der Waals surface area contributed by atoms with E-state index in [9.17, 15) is 0 Å². The maximum atomic E-state index is 5.80. The Morgan fingerprint density at radius 3 is 2.77 bits per heavy atom. The number of hydrogen-bond acceptors (Lipinski definition) is 3. The van der Waals surface area contributed by atoms with Crippen LogP contribution < -0.4 is 5.73 Å². The van der Waals surface area contributed by atoms with Gasteiger partial charge in [-0.05, 0) is 12.1 Å². The summed E-state index contributed by atoms with van der Waals surface area (Å²) in [5.41, 5.74) is 7.53. The van der Waals surface area contributed by atoms with E-state index in [0.717, 1.165) is 11.3 Å². The van der Waals surface area contributed by atoms with Crippen LogP contribution in [-0.4, -0.2) is 14.8 Å². The standard InChI is InChI=1S/C9H10N4/c1-13-9(10)7(6-12-13)8-4-2-3-5-11-8/h2-6H,10H2,1H3. The molecule has 13 heavy (non-hydrogen) atoms. The van der Waals surface area contributed by atoms with Gasteiger partial charge in [-0.1, -0.05) is 6.07 Å². The molecule has 2 N–H and O–H groups in total. The van der Waals surface area contributed by atoms with Gasteiger partial charge in [0.2, 0.25) is 0 Å². The van der Waals surface area contributed by atoms with Gasteiger partial charge in [0.15, 0.2) is 0 Å². The van der Waals surface area contributed by atoms with Crippen molar-refractivity contribution >= 4 is 5.82 Å². The molecule has 0 saturated heterocycles. The van der Waals surface area contributed by atoms with Crippen LogP contribution >= 0.6 is 0 Å². The number of aromatic nitrogens is 3. The molecule has 0 aliphatic heterocycles. The van der Waals surface area contributed by atoms with Crippen molar-refractivity contribution in [2.75, 3.05) is 5.73 Å². The van der Waals surface area contributed by atoms with Crippen LogP contribution in [-0.2, 0) is 7.05 Å². The van der Waals surface area contributed by atoms with Gasteiger partial charge in [-0.2, -0.15) is 5.10 Å². The number of nitrogen functional groups attached to an aromatic ring is 1. The van der Waals surface area contributed by atoms with Crippen LogP contribution in [0, 0.1) is 0 Å². The van der Waals surface area contributed by atoms with Crippen molar-refractivity contribution in [2.45, 2.75) is 0 Å². The molecule has 66 valence electrons. The molecule has 0 spiro atoms. The second-order valence-electron chi connectivity index (χ2n) is 2.78. The van der Waals surface area contributed by atoms with E-state index in [0.29, 0.717) is 5.82 Å². The molecule has 0 fully saturated rings. The summed E-state index contributed by atoms with van der Waals surface area (Å²) in [4.78, 5) is 4.19. The van der Waals surface area contributed by atoms with E-state index in [1.165, 1.54) is 0 Å². The molecule has 0 radical (unpaired) electrons. The largest absolute Gasteiger partial charge is 0.383 e. The molecule has 0 aliphatic carbocycles. The molecule has 0 amide bonds. The second kappa shape index (κ2) is 2.90. The average Bonchev–Trinajstić information content (AvgIpc) is 2.49. The SMILES string of the molecule is Cn1ncc(-c2ccccn2)c1N. The fourth-order valence-corrected chi connectivity index (χ4v) is 1.17. The number of aryl methyl sites for hydroxylation is 1. The quantitative estimate of drug-likeness (QED) is 0.703. The van der Waals surface area contributed by atoms with E-state index in [1.807, 2.05) is 25.2 Å². The van der Waals surface area contributed by atoms with E-state index in [1.54, 1.807) is 17.1 Å². The predicted molar refractivity (Wildman–Crippen MR) is 50.9 cm³/mol. The summed E-state index contributed by atoms with van der Waals surface area (Å²) in [5.74, 6) is 0.638. The zero-order chi connectivity index (χ0) is 9.26. The fraction of sp³-hybridized carbons (Fsp3) is 0.111. The molecule has 2 heterocycles. The molecule has 0 bridgehead atoms. The third-order valence-electron chi connectivity index (χ3n) is 1.93. The van der Waals surface area contributed by atoms with Crippen LogP contribution in [0.3, 0.4) is 0 Å². The van der Waals surface area contributed by atoms with E-state index in [4.69, 9.17) is 5.73 Å². The molecule has 2 aromatic heterocycles. The third-order valence-corrected chi connectivity index (χ3v) is 1.93. The molecular formula is C9H10N4. The lowest BCUT2D eigenvalue weighted by Gasteiger charge is -1.98. The first-order valence-electron chi connectivity index (χ1n) is 3.98. The maximum absolute atomic E-state index is 5.80. The normalized spacial score (nSPS) is 10.2. The van der Waals surface area contributed by atoms with Gasteiger partial charge in [0.1, 0.15) is 5.82 Å². The van der Waals surface area contributed by atoms with Crippen LogP contribution in [0.2, 0.25) is 0 Å². The van der Waals surface area contributed by atoms with Gasteiger partial charge in [0, 0.05) is 13.2 Å². The van der Waals surface area contributed by atoms with Gasteiger partial charge in [-0.3, -0.25) is 9.67 Å². The Labute approximate surface area is 76.0 Å². The van der Waals surface area contributed by atoms with E-state index >= 15 is 0 Å². The number of nitrogens with two attached hydrogens (primary N) is 1. The third kappa shape index (κ3) is 1.26. The molecular weight excluding hydrogens is 164 g/mol. The highest BCUT2D eigenvalue weighted by atomic mass is 15.3. The summed E-state index contributed by atoms with van der Waals surface area (Å²) in [6.45, 7) is 0. The van der Waals surface area contributed by atoms with E-state index in [2.05, 4.69) is 10.1 Å². The molecule has 4 heteroatoms. The van der Waals surface area contributed by atoms with Gasteiger partial charge < -0.3 is 5.73 Å². The Kier molecular flexibility index (Phi) is 1.73. The molecule has 0 aliphatic rings. The minimum absolute atomic E-state index is 0.638. The Morgan fingerprint density at radius 2 is 2.23 bits per heavy atom. The van der Waals surface area contributed by atoms with Gasteiger partial charge in [0.05, 0.1) is 17.5 Å². The number of nitrogens with zero attached hydrogens (tertiary/aromatic N) is 3. The monoisotopic (exact) mass is 174 g/mol. The highest BCUT2D eigenvalue weighted by molar-refractivity contribution is 5.70. The summed E-state index contributed by atoms with van der Waals surface area (Å²) in [7, 11) is 1.81. The van der Waals surface area contributed by atoms with Crippen molar-refractivity contribution in [3.63, 3.8) is 0 Å². The lowest BCUT2D eigenvalue weighted by atomic mass is 10.2. The number of anilines is 1. The lowest BCUT2D eigenvalue weighted by Crippen LogP contribution is -1.98. The van der Waals surface area contributed by atoms with Gasteiger partial charge in [-0.15, -0.1) is 0 Å². The van der Waals surface area contributed by atoms with Gasteiger partial charge in [0.25, 0.3) is 0 Å². The topological polar surface area (TPSA) is 56.7 Å². The van der Waals surface area contributed by atoms with Crippen molar-refractivity contribution in [1.29, 1.82) is 0 Å². The molecule has 2 aromatic rings. The summed E-state index contributed by atoms with van der Waals surface area (Å²) in [6.07, 6.45) is 3.46. The van der Waals surface area contributed by atoms with Crippen molar-refractivity contribution in [3.05, 3.63) is 30.6 Å². The summed E-state index contributed by atoms with van der Waals surface area (Å²) >= 11 is 0. The molecule has 0 aromatic carbocycles. The zero-order valence-corrected chi connectivity index (χ0v) is 7.31. The van der Waals surface area contributed by atoms with Gasteiger partial charge in [-0.25, -0.2) is 0 Å². The van der Waals surface area contributed by atoms with Crippen molar-refractivity contribution < 1.29 is 0 Å². The van der Waals surface area contributed by atoms with E-state index < -0.39 is 0 Å². The summed E-state index contributed by atoms with van der Waals surface area (Å²) in [6, 6.07) is 5.71. The fourth-order valence-electron chi connectivity index (χ4n) is 1.17. The van der Waals surface area contributed by atoms with Crippen molar-refractivity contribution in [2.24, 2.45) is 7.05 Å². The Hall–Kier alpha value is -1.84. The first kappa shape index (κ1) is 7.79. The molecule has 0 unspecified atom stereocenters. The Morgan fingerprint density at radius 1 is 1.38 bits per heavy atom. The zero-order valence-electron chi connectivity index (χ0n) is 7.31. The summed E-state index contributed by atoms with van der Waals surface area (Å²) in [5, 5.41) is 4.04. The smallest absolute Gasteiger partial charge is 0.130 e. The maximum Gasteiger partial charge on any atom is 0.130 e. The number of hydrogen-bond donors (Lipinski definition) is 1. The lowest BCUT2D eigenvalue weighted by molar-refractivity contribution is 0.779. The Bertz CT molecular complexity index is 405. The highest BCUT2D eigenvalue weighted by Crippen LogP contribution is 2.21. The van der Waals surface area contributed by atoms with Crippen LogP contribution in [0.5, 0.6) is 0 Å². The first-order valence-corrected chi connectivity index (χ1v) is 3.98. The molecule has 4 nitrogen and oxygen atoms in total. The number of rotatable bonds is 1. The second-order valence-corrected chi connectivity index (χ2v) is 2.78. The van der Waals surface area contributed by atoms with Crippen LogP contribution in [0.4, 0.5) is 5.82 Å². The van der Waals surface area contributed by atoms with Gasteiger partial charge >= 0.3 is 0 Å². The van der Waals surface area contributed by atoms with Crippen LogP contribution in [0.1, 0.15) is 0 Å². The van der Waals surface area contributed by atoms with Crippen molar-refractivity contribution in [3.8, 4) is 11.3 Å². The average molecular weight is 174 g/mol. The summed E-state index contributed by atoms with van der Waals surface area (Å²) < 4.78 is 1.63. The highest BCUT2D eigenvalue weighted by Gasteiger charge is 2.06. The molecule has 2 rings (SSSR count). The van der Waals surface area contributed by atoms with E-state index in [-0.39, 0.29) is 0 Å². The minimum Gasteiger partial charge on any atom is -0.383 e. The minimum atomic E-state index is 0.638. The van der Waals surface area contributed by atoms with Crippen LogP contribution in [0.15, 0.2) is 30.6 Å². The number of pyridine rings is 1. The first-order chi connectivity index (χ1) is 6.29. The predicted octanol–water partition coefficient (Wildman–Crippen LogP) is 1.06. The van der Waals surface area contributed by atoms with Crippen molar-refractivity contribution in [1.82, 2.24) is 14.8 Å².